The van der Waals surface area contributed by atoms with E-state index in [1.807, 2.05) is 67.0 Å². The Labute approximate surface area is 266 Å². The highest BCUT2D eigenvalue weighted by Crippen LogP contribution is 2.41. The summed E-state index contributed by atoms with van der Waals surface area (Å²) in [6.07, 6.45) is 16.8. The first-order valence-corrected chi connectivity index (χ1v) is 16.3. The van der Waals surface area contributed by atoms with Gasteiger partial charge in [-0.2, -0.15) is 0 Å². The molecular weight excluding hydrogens is 564 g/mol. The Balaban J connectivity index is 1.14. The number of nitrogens with one attached hydrogen (secondary N) is 1. The van der Waals surface area contributed by atoms with Gasteiger partial charge in [0.1, 0.15) is 6.54 Å². The fourth-order valence-corrected chi connectivity index (χ4v) is 6.76. The molecule has 1 unspecified atom stereocenters. The number of carboxylic acids is 1. The molecule has 0 bridgehead atoms. The van der Waals surface area contributed by atoms with Crippen molar-refractivity contribution in [3.8, 4) is 11.4 Å². The van der Waals surface area contributed by atoms with Gasteiger partial charge in [-0.1, -0.05) is 86.9 Å². The summed E-state index contributed by atoms with van der Waals surface area (Å²) in [5.74, 6) is 1.37. The number of carboxylic acid groups (broad SMARTS) is 1. The van der Waals surface area contributed by atoms with Crippen LogP contribution in [-0.4, -0.2) is 50.8 Å². The Morgan fingerprint density at radius 2 is 1.58 bits per heavy atom. The summed E-state index contributed by atoms with van der Waals surface area (Å²) >= 11 is 0. The van der Waals surface area contributed by atoms with Crippen LogP contribution in [0.25, 0.3) is 17.0 Å². The Morgan fingerprint density at radius 3 is 2.20 bits per heavy atom. The van der Waals surface area contributed by atoms with Crippen molar-refractivity contribution in [2.45, 2.75) is 71.3 Å². The molecule has 2 aromatic carbocycles. The van der Waals surface area contributed by atoms with Crippen LogP contribution in [-0.2, 0) is 27.3 Å². The Hall–Kier alpha value is -4.33. The molecule has 0 aliphatic heterocycles. The molecule has 8 heteroatoms. The van der Waals surface area contributed by atoms with Gasteiger partial charge in [0.25, 0.3) is 0 Å². The van der Waals surface area contributed by atoms with Gasteiger partial charge in [0.05, 0.1) is 13.0 Å². The molecule has 1 heterocycles. The van der Waals surface area contributed by atoms with Crippen LogP contribution < -0.4 is 5.32 Å². The number of carbonyl (C=O) groups is 3. The number of aromatic nitrogens is 2. The maximum atomic E-state index is 12.8. The highest BCUT2D eigenvalue weighted by atomic mass is 16.4. The molecule has 1 aromatic heterocycles. The third kappa shape index (κ3) is 9.10. The van der Waals surface area contributed by atoms with Gasteiger partial charge in [-0.25, -0.2) is 9.97 Å². The normalized spacial score (nSPS) is 19.8. The molecule has 0 radical (unpaired) electrons. The van der Waals surface area contributed by atoms with Crippen molar-refractivity contribution in [2.24, 2.45) is 17.8 Å². The number of hydrogen-bond donors (Lipinski definition) is 2. The second-order valence-electron chi connectivity index (χ2n) is 12.5. The first kappa shape index (κ1) is 32.1. The fraction of sp³-hybridized carbons (Fsp3) is 0.432. The Bertz CT molecular complexity index is 1460. The van der Waals surface area contributed by atoms with Crippen LogP contribution in [0.1, 0.15) is 75.0 Å². The standard InChI is InChI=1S/C37H44N4O4/c1-2-26-8-12-29(13-9-26)30-16-18-31(19-17-30)33-21-39-37(40-22-33)32-14-10-28(11-15-32)24-41(25-36(44)45)35(43)23-38-34(42)20-27-6-4-3-5-7-27/h3-7,10-11,14-15,18,21-22,26,29-30H,2,8-9,12-13,16-17,19-20,23-25H2,1H3,(H,38,42)(H,44,45)/t26-,29-,30?. The molecule has 2 amide bonds. The summed E-state index contributed by atoms with van der Waals surface area (Å²) < 4.78 is 0. The van der Waals surface area contributed by atoms with Gasteiger partial charge < -0.3 is 15.3 Å². The first-order valence-electron chi connectivity index (χ1n) is 16.3. The lowest BCUT2D eigenvalue weighted by Gasteiger charge is -2.35. The van der Waals surface area contributed by atoms with E-state index in [0.717, 1.165) is 52.8 Å². The lowest BCUT2D eigenvalue weighted by atomic mass is 9.71. The lowest BCUT2D eigenvalue weighted by molar-refractivity contribution is -0.144. The Morgan fingerprint density at radius 1 is 0.867 bits per heavy atom. The third-order valence-electron chi connectivity index (χ3n) is 9.52. The number of rotatable bonds is 12. The van der Waals surface area contributed by atoms with Crippen LogP contribution in [0.5, 0.6) is 0 Å². The molecule has 5 rings (SSSR count). The molecule has 1 atom stereocenters. The third-order valence-corrected chi connectivity index (χ3v) is 9.52. The van der Waals surface area contributed by atoms with E-state index in [9.17, 15) is 19.5 Å². The van der Waals surface area contributed by atoms with Gasteiger partial charge >= 0.3 is 5.97 Å². The molecule has 45 heavy (non-hydrogen) atoms. The van der Waals surface area contributed by atoms with E-state index >= 15 is 0 Å². The molecule has 1 saturated carbocycles. The van der Waals surface area contributed by atoms with Crippen molar-refractivity contribution in [1.29, 1.82) is 0 Å². The van der Waals surface area contributed by atoms with Gasteiger partial charge in [-0.05, 0) is 66.6 Å². The SMILES string of the molecule is CC[C@H]1CC[C@H](C2CC=C(c3cnc(-c4ccc(CN(CC(=O)O)C(=O)CNC(=O)Cc5ccccc5)cc4)nc3)CC2)CC1. The van der Waals surface area contributed by atoms with Gasteiger partial charge in [0.2, 0.25) is 11.8 Å². The highest BCUT2D eigenvalue weighted by molar-refractivity contribution is 5.87. The lowest BCUT2D eigenvalue weighted by Crippen LogP contribution is -2.42. The monoisotopic (exact) mass is 608 g/mol. The van der Waals surface area contributed by atoms with E-state index in [1.54, 1.807) is 0 Å². The van der Waals surface area contributed by atoms with E-state index in [1.165, 1.54) is 49.0 Å². The zero-order valence-electron chi connectivity index (χ0n) is 26.2. The molecule has 0 spiro atoms. The van der Waals surface area contributed by atoms with Crippen LogP contribution in [0.15, 0.2) is 73.1 Å². The number of benzene rings is 2. The minimum Gasteiger partial charge on any atom is -0.480 e. The van der Waals surface area contributed by atoms with Crippen molar-refractivity contribution in [3.63, 3.8) is 0 Å². The van der Waals surface area contributed by atoms with Gasteiger partial charge in [-0.3, -0.25) is 14.4 Å². The second-order valence-corrected chi connectivity index (χ2v) is 12.5. The van der Waals surface area contributed by atoms with Gasteiger partial charge in [0.15, 0.2) is 5.82 Å². The smallest absolute Gasteiger partial charge is 0.323 e. The summed E-state index contributed by atoms with van der Waals surface area (Å²) in [6.45, 7) is 1.70. The van der Waals surface area contributed by atoms with Crippen LogP contribution >= 0.6 is 0 Å². The molecule has 236 valence electrons. The predicted molar refractivity (Wildman–Crippen MR) is 175 cm³/mol. The molecule has 2 aliphatic carbocycles. The minimum atomic E-state index is -1.12. The van der Waals surface area contributed by atoms with Crippen molar-refractivity contribution in [3.05, 3.63) is 89.8 Å². The molecule has 2 aliphatic rings. The summed E-state index contributed by atoms with van der Waals surface area (Å²) in [4.78, 5) is 47.1. The average molecular weight is 609 g/mol. The largest absolute Gasteiger partial charge is 0.480 e. The molecule has 8 nitrogen and oxygen atoms in total. The van der Waals surface area contributed by atoms with Crippen molar-refractivity contribution in [2.75, 3.05) is 13.1 Å². The van der Waals surface area contributed by atoms with E-state index in [4.69, 9.17) is 0 Å². The average Bonchev–Trinajstić information content (AvgIpc) is 3.08. The molecule has 1 fully saturated rings. The number of hydrogen-bond acceptors (Lipinski definition) is 5. The van der Waals surface area contributed by atoms with Crippen molar-refractivity contribution >= 4 is 23.4 Å². The molecule has 0 saturated heterocycles. The fourth-order valence-electron chi connectivity index (χ4n) is 6.76. The summed E-state index contributed by atoms with van der Waals surface area (Å²) in [6, 6.07) is 16.7. The highest BCUT2D eigenvalue weighted by Gasteiger charge is 2.28. The summed E-state index contributed by atoms with van der Waals surface area (Å²) in [5, 5.41) is 12.0. The zero-order chi connectivity index (χ0) is 31.6. The maximum absolute atomic E-state index is 12.8. The topological polar surface area (TPSA) is 112 Å². The number of aliphatic carboxylic acids is 1. The number of amides is 2. The predicted octanol–water partition coefficient (Wildman–Crippen LogP) is 6.32. The van der Waals surface area contributed by atoms with E-state index in [2.05, 4.69) is 28.3 Å². The van der Waals surface area contributed by atoms with Crippen LogP contribution in [0, 0.1) is 17.8 Å². The van der Waals surface area contributed by atoms with Crippen molar-refractivity contribution < 1.29 is 19.5 Å². The van der Waals surface area contributed by atoms with Crippen LogP contribution in [0.4, 0.5) is 0 Å². The van der Waals surface area contributed by atoms with Gasteiger partial charge in [0, 0.05) is 30.1 Å². The van der Waals surface area contributed by atoms with E-state index < -0.39 is 18.4 Å². The number of nitrogens with zero attached hydrogens (tertiary/aromatic N) is 3. The molecule has 3 aromatic rings. The number of carbonyl (C=O) groups excluding carboxylic acids is 2. The van der Waals surface area contributed by atoms with E-state index in [-0.39, 0.29) is 25.4 Å². The number of allylic oxidation sites excluding steroid dienone is 2. The maximum Gasteiger partial charge on any atom is 0.323 e. The molecular formula is C37H44N4O4. The van der Waals surface area contributed by atoms with Gasteiger partial charge in [-0.15, -0.1) is 0 Å². The zero-order valence-corrected chi connectivity index (χ0v) is 26.2. The first-order chi connectivity index (χ1) is 21.9. The van der Waals surface area contributed by atoms with Crippen LogP contribution in [0.2, 0.25) is 0 Å². The van der Waals surface area contributed by atoms with Crippen molar-refractivity contribution in [1.82, 2.24) is 20.2 Å². The second kappa shape index (κ2) is 15.6. The minimum absolute atomic E-state index is 0.106. The van der Waals surface area contributed by atoms with E-state index in [0.29, 0.717) is 5.82 Å². The molecule has 2 N–H and O–H groups in total. The quantitative estimate of drug-likeness (QED) is 0.249. The summed E-state index contributed by atoms with van der Waals surface area (Å²) in [7, 11) is 0. The van der Waals surface area contributed by atoms with Crippen LogP contribution in [0.3, 0.4) is 0 Å². The Kier molecular flexibility index (Phi) is 11.1. The summed E-state index contributed by atoms with van der Waals surface area (Å²) in [5.41, 5.74) is 4.88.